The van der Waals surface area contributed by atoms with Crippen LogP contribution in [0.1, 0.15) is 207 Å². The molecular formula is C41H77NO6. The van der Waals surface area contributed by atoms with Gasteiger partial charge in [-0.05, 0) is 90.6 Å². The Labute approximate surface area is 296 Å². The number of carbonyl (C=O) groups excluding carboxylic acids is 3. The van der Waals surface area contributed by atoms with Gasteiger partial charge in [0.15, 0.2) is 0 Å². The number of carbonyl (C=O) groups is 3. The van der Waals surface area contributed by atoms with Crippen molar-refractivity contribution < 1.29 is 28.6 Å². The molecule has 0 aliphatic carbocycles. The van der Waals surface area contributed by atoms with E-state index in [-0.39, 0.29) is 36.2 Å². The average Bonchev–Trinajstić information content (AvgIpc) is 3.07. The minimum atomic E-state index is -0.0642. The molecule has 7 heteroatoms. The molecule has 0 saturated carbocycles. The summed E-state index contributed by atoms with van der Waals surface area (Å²) >= 11 is 0. The highest BCUT2D eigenvalue weighted by Gasteiger charge is 2.24. The fourth-order valence-corrected chi connectivity index (χ4v) is 6.82. The van der Waals surface area contributed by atoms with Gasteiger partial charge in [0, 0.05) is 18.9 Å². The summed E-state index contributed by atoms with van der Waals surface area (Å²) in [5.41, 5.74) is 0. The van der Waals surface area contributed by atoms with Crippen molar-refractivity contribution in [1.82, 2.24) is 4.90 Å². The van der Waals surface area contributed by atoms with E-state index in [2.05, 4.69) is 39.6 Å². The molecule has 1 aliphatic rings. The molecule has 282 valence electrons. The lowest BCUT2D eigenvalue weighted by molar-refractivity contribution is -0.152. The number of hydrogen-bond acceptors (Lipinski definition) is 7. The van der Waals surface area contributed by atoms with Crippen molar-refractivity contribution in [2.24, 2.45) is 0 Å². The third kappa shape index (κ3) is 23.7. The monoisotopic (exact) mass is 680 g/mol. The van der Waals surface area contributed by atoms with E-state index < -0.39 is 0 Å². The second-order valence-electron chi connectivity index (χ2n) is 14.6. The number of ether oxygens (including phenoxy) is 3. The molecule has 0 radical (unpaired) electrons. The highest BCUT2D eigenvalue weighted by atomic mass is 16.6. The van der Waals surface area contributed by atoms with E-state index in [1.807, 2.05) is 0 Å². The first-order valence-corrected chi connectivity index (χ1v) is 20.6. The molecule has 1 fully saturated rings. The Hall–Kier alpha value is -1.63. The van der Waals surface area contributed by atoms with Gasteiger partial charge in [-0.25, -0.2) is 0 Å². The van der Waals surface area contributed by atoms with E-state index in [9.17, 15) is 14.4 Å². The molecule has 0 N–H and O–H groups in total. The maximum absolute atomic E-state index is 13.0. The Morgan fingerprint density at radius 2 is 0.896 bits per heavy atom. The van der Waals surface area contributed by atoms with Crippen molar-refractivity contribution in [2.45, 2.75) is 232 Å². The van der Waals surface area contributed by atoms with Crippen LogP contribution in [0.4, 0.5) is 0 Å². The van der Waals surface area contributed by atoms with E-state index >= 15 is 0 Å². The van der Waals surface area contributed by atoms with Crippen LogP contribution in [0.3, 0.4) is 0 Å². The van der Waals surface area contributed by atoms with Crippen molar-refractivity contribution in [3.63, 3.8) is 0 Å². The zero-order chi connectivity index (χ0) is 35.2. The smallest absolute Gasteiger partial charge is 0.307 e. The molecule has 0 bridgehead atoms. The third-order valence-electron chi connectivity index (χ3n) is 10.1. The van der Waals surface area contributed by atoms with Crippen LogP contribution in [0.15, 0.2) is 0 Å². The molecule has 1 saturated heterocycles. The predicted octanol–water partition coefficient (Wildman–Crippen LogP) is 11.0. The van der Waals surface area contributed by atoms with Gasteiger partial charge in [-0.3, -0.25) is 14.4 Å². The Bertz CT molecular complexity index is 742. The number of hydrogen-bond donors (Lipinski definition) is 0. The summed E-state index contributed by atoms with van der Waals surface area (Å²) in [7, 11) is 2.12. The maximum Gasteiger partial charge on any atom is 0.307 e. The standard InChI is InChI=1S/C41H77NO6/c1-6-10-25-36(26-11-7-2)46-39(43)31-20-16-14-18-29-38(48-41(45)34-35-24-22-23-33-42(35)5)30-19-15-17-21-32-40(44)47-37(27-12-8-3)28-13-9-4/h35-38H,6-34H2,1-5H3. The minimum Gasteiger partial charge on any atom is -0.462 e. The van der Waals surface area contributed by atoms with Gasteiger partial charge in [0.05, 0.1) is 6.42 Å². The lowest BCUT2D eigenvalue weighted by Crippen LogP contribution is -2.38. The average molecular weight is 680 g/mol. The van der Waals surface area contributed by atoms with Crippen LogP contribution >= 0.6 is 0 Å². The minimum absolute atomic E-state index is 0.0484. The first-order chi connectivity index (χ1) is 23.3. The third-order valence-corrected chi connectivity index (χ3v) is 10.1. The highest BCUT2D eigenvalue weighted by Crippen LogP contribution is 2.22. The van der Waals surface area contributed by atoms with Gasteiger partial charge in [0.25, 0.3) is 0 Å². The first kappa shape index (κ1) is 44.4. The number of piperidine rings is 1. The normalized spacial score (nSPS) is 15.4. The summed E-state index contributed by atoms with van der Waals surface area (Å²) in [6.45, 7) is 9.77. The van der Waals surface area contributed by atoms with Crippen LogP contribution < -0.4 is 0 Å². The van der Waals surface area contributed by atoms with Crippen LogP contribution in [-0.2, 0) is 28.6 Å². The number of likely N-dealkylation sites (tertiary alicyclic amines) is 1. The molecule has 48 heavy (non-hydrogen) atoms. The van der Waals surface area contributed by atoms with E-state index in [1.54, 1.807) is 0 Å². The van der Waals surface area contributed by atoms with Gasteiger partial charge >= 0.3 is 17.9 Å². The van der Waals surface area contributed by atoms with Crippen molar-refractivity contribution >= 4 is 17.9 Å². The van der Waals surface area contributed by atoms with Gasteiger partial charge in [0.1, 0.15) is 18.3 Å². The van der Waals surface area contributed by atoms with Crippen molar-refractivity contribution in [1.29, 1.82) is 0 Å². The highest BCUT2D eigenvalue weighted by molar-refractivity contribution is 5.70. The lowest BCUT2D eigenvalue weighted by atomic mass is 10.00. The fourth-order valence-electron chi connectivity index (χ4n) is 6.82. The number of unbranched alkanes of at least 4 members (excludes halogenated alkanes) is 10. The summed E-state index contributed by atoms with van der Waals surface area (Å²) in [4.78, 5) is 40.2. The molecular weight excluding hydrogens is 602 g/mol. The summed E-state index contributed by atoms with van der Waals surface area (Å²) in [6.07, 6.45) is 27.4. The van der Waals surface area contributed by atoms with Gasteiger partial charge < -0.3 is 19.1 Å². The predicted molar refractivity (Wildman–Crippen MR) is 198 cm³/mol. The van der Waals surface area contributed by atoms with Crippen LogP contribution in [0.2, 0.25) is 0 Å². The second kappa shape index (κ2) is 30.2. The fraction of sp³-hybridized carbons (Fsp3) is 0.927. The Balaban J connectivity index is 2.43. The van der Waals surface area contributed by atoms with Crippen molar-refractivity contribution in [2.75, 3.05) is 13.6 Å². The molecule has 0 amide bonds. The number of esters is 3. The molecule has 1 heterocycles. The molecule has 0 aromatic rings. The van der Waals surface area contributed by atoms with Crippen LogP contribution in [0.25, 0.3) is 0 Å². The van der Waals surface area contributed by atoms with E-state index in [0.717, 1.165) is 154 Å². The zero-order valence-electron chi connectivity index (χ0n) is 32.2. The molecule has 0 spiro atoms. The number of rotatable bonds is 31. The van der Waals surface area contributed by atoms with Gasteiger partial charge in [-0.15, -0.1) is 0 Å². The van der Waals surface area contributed by atoms with Gasteiger partial charge in [-0.2, -0.15) is 0 Å². The van der Waals surface area contributed by atoms with Crippen LogP contribution in [0.5, 0.6) is 0 Å². The largest absolute Gasteiger partial charge is 0.462 e. The van der Waals surface area contributed by atoms with E-state index in [1.165, 1.54) is 12.8 Å². The molecule has 1 unspecified atom stereocenters. The van der Waals surface area contributed by atoms with Crippen molar-refractivity contribution in [3.8, 4) is 0 Å². The number of nitrogens with zero attached hydrogens (tertiary/aromatic N) is 1. The van der Waals surface area contributed by atoms with E-state index in [0.29, 0.717) is 25.3 Å². The summed E-state index contributed by atoms with van der Waals surface area (Å²) in [6, 6.07) is 0.290. The molecule has 1 atom stereocenters. The van der Waals surface area contributed by atoms with E-state index in [4.69, 9.17) is 14.2 Å². The maximum atomic E-state index is 13.0. The SMILES string of the molecule is CCCCC(CCCC)OC(=O)CCCCCCC(CCCCCCC(=O)OC(CCCC)CCCC)OC(=O)CC1CCCCN1C. The topological polar surface area (TPSA) is 82.1 Å². The quantitative estimate of drug-likeness (QED) is 0.0410. The van der Waals surface area contributed by atoms with Gasteiger partial charge in [0.2, 0.25) is 0 Å². The Morgan fingerprint density at radius 1 is 0.521 bits per heavy atom. The second-order valence-corrected chi connectivity index (χ2v) is 14.6. The Kier molecular flexibility index (Phi) is 27.9. The molecule has 0 aromatic heterocycles. The molecule has 7 nitrogen and oxygen atoms in total. The van der Waals surface area contributed by atoms with Crippen LogP contribution in [-0.4, -0.2) is 60.8 Å². The van der Waals surface area contributed by atoms with Crippen LogP contribution in [0, 0.1) is 0 Å². The summed E-state index contributed by atoms with van der Waals surface area (Å²) in [5, 5.41) is 0. The molecule has 1 rings (SSSR count). The summed E-state index contributed by atoms with van der Waals surface area (Å²) < 4.78 is 17.7. The summed E-state index contributed by atoms with van der Waals surface area (Å²) in [5.74, 6) is -0.161. The molecule has 1 aliphatic heterocycles. The zero-order valence-corrected chi connectivity index (χ0v) is 32.2. The first-order valence-electron chi connectivity index (χ1n) is 20.6. The molecule has 0 aromatic carbocycles. The lowest BCUT2D eigenvalue weighted by Gasteiger charge is -2.32. The van der Waals surface area contributed by atoms with Gasteiger partial charge in [-0.1, -0.05) is 111 Å². The Morgan fingerprint density at radius 3 is 1.29 bits per heavy atom. The van der Waals surface area contributed by atoms with Crippen molar-refractivity contribution in [3.05, 3.63) is 0 Å².